The van der Waals surface area contributed by atoms with Crippen molar-refractivity contribution in [2.24, 2.45) is 0 Å². The van der Waals surface area contributed by atoms with Crippen molar-refractivity contribution in [3.05, 3.63) is 35.4 Å². The van der Waals surface area contributed by atoms with Gasteiger partial charge in [-0.15, -0.1) is 11.6 Å². The van der Waals surface area contributed by atoms with Crippen molar-refractivity contribution in [2.75, 3.05) is 13.2 Å². The summed E-state index contributed by atoms with van der Waals surface area (Å²) in [4.78, 5) is 14.4. The van der Waals surface area contributed by atoms with Crippen molar-refractivity contribution in [1.29, 1.82) is 0 Å². The molecule has 0 aliphatic heterocycles. The maximum Gasteiger partial charge on any atom is 0.254 e. The van der Waals surface area contributed by atoms with E-state index in [0.29, 0.717) is 18.0 Å². The first kappa shape index (κ1) is 14.4. The minimum Gasteiger partial charge on any atom is -0.395 e. The van der Waals surface area contributed by atoms with Gasteiger partial charge in [0.05, 0.1) is 6.61 Å². The molecule has 0 saturated heterocycles. The van der Waals surface area contributed by atoms with Gasteiger partial charge in [-0.3, -0.25) is 4.79 Å². The quantitative estimate of drug-likeness (QED) is 0.843. The topological polar surface area (TPSA) is 40.5 Å². The van der Waals surface area contributed by atoms with Crippen molar-refractivity contribution < 1.29 is 9.90 Å². The molecular formula is C15H20ClNO2. The van der Waals surface area contributed by atoms with E-state index in [9.17, 15) is 9.90 Å². The normalized spacial score (nSPS) is 15.7. The van der Waals surface area contributed by atoms with Crippen LogP contribution in [-0.4, -0.2) is 35.1 Å². The molecule has 104 valence electrons. The predicted molar refractivity (Wildman–Crippen MR) is 76.4 cm³/mol. The lowest BCUT2D eigenvalue weighted by Crippen LogP contribution is -2.40. The van der Waals surface area contributed by atoms with Gasteiger partial charge in [0.1, 0.15) is 0 Å². The zero-order valence-corrected chi connectivity index (χ0v) is 11.8. The van der Waals surface area contributed by atoms with Gasteiger partial charge >= 0.3 is 0 Å². The van der Waals surface area contributed by atoms with E-state index in [1.807, 2.05) is 29.2 Å². The second-order valence-corrected chi connectivity index (χ2v) is 5.26. The predicted octanol–water partition coefficient (Wildman–Crippen LogP) is 2.80. The smallest absolute Gasteiger partial charge is 0.254 e. The summed E-state index contributed by atoms with van der Waals surface area (Å²) in [7, 11) is 0. The highest BCUT2D eigenvalue weighted by Crippen LogP contribution is 2.25. The molecule has 1 aliphatic rings. The van der Waals surface area contributed by atoms with E-state index in [0.717, 1.165) is 18.4 Å². The maximum absolute atomic E-state index is 12.6. The minimum absolute atomic E-state index is 0.00733. The Labute approximate surface area is 119 Å². The van der Waals surface area contributed by atoms with Crippen LogP contribution in [0.4, 0.5) is 0 Å². The number of aliphatic hydroxyl groups excluding tert-OH is 1. The van der Waals surface area contributed by atoms with E-state index < -0.39 is 0 Å². The van der Waals surface area contributed by atoms with Crippen molar-refractivity contribution in [1.82, 2.24) is 4.90 Å². The summed E-state index contributed by atoms with van der Waals surface area (Å²) >= 11 is 5.81. The third-order valence-corrected chi connectivity index (χ3v) is 4.00. The second-order valence-electron chi connectivity index (χ2n) is 4.99. The van der Waals surface area contributed by atoms with Crippen molar-refractivity contribution >= 4 is 17.5 Å². The van der Waals surface area contributed by atoms with Crippen LogP contribution in [0.5, 0.6) is 0 Å². The molecule has 1 N–H and O–H groups in total. The van der Waals surface area contributed by atoms with Gasteiger partial charge in [0.15, 0.2) is 0 Å². The highest BCUT2D eigenvalue weighted by molar-refractivity contribution is 6.17. The Balaban J connectivity index is 2.17. The fraction of sp³-hybridized carbons (Fsp3) is 0.533. The van der Waals surface area contributed by atoms with Gasteiger partial charge in [-0.1, -0.05) is 25.0 Å². The highest BCUT2D eigenvalue weighted by atomic mass is 35.5. The van der Waals surface area contributed by atoms with Gasteiger partial charge < -0.3 is 10.0 Å². The number of halogens is 1. The average Bonchev–Trinajstić information content (AvgIpc) is 2.98. The molecule has 1 saturated carbocycles. The Kier molecular flexibility index (Phi) is 5.23. The van der Waals surface area contributed by atoms with Crippen LogP contribution in [0.2, 0.25) is 0 Å². The van der Waals surface area contributed by atoms with Gasteiger partial charge in [0.25, 0.3) is 5.91 Å². The molecule has 0 radical (unpaired) electrons. The number of nitrogens with zero attached hydrogens (tertiary/aromatic N) is 1. The van der Waals surface area contributed by atoms with Gasteiger partial charge in [-0.25, -0.2) is 0 Å². The summed E-state index contributed by atoms with van der Waals surface area (Å²) in [5.41, 5.74) is 1.61. The number of rotatable bonds is 5. The van der Waals surface area contributed by atoms with Gasteiger partial charge in [0, 0.05) is 24.0 Å². The Morgan fingerprint density at radius 2 is 2.11 bits per heavy atom. The summed E-state index contributed by atoms with van der Waals surface area (Å²) < 4.78 is 0. The first-order chi connectivity index (χ1) is 9.26. The van der Waals surface area contributed by atoms with Crippen LogP contribution in [0.3, 0.4) is 0 Å². The molecule has 4 heteroatoms. The standard InChI is InChI=1S/C15H20ClNO2/c16-11-12-4-3-5-13(10-12)15(19)17(8-9-18)14-6-1-2-7-14/h3-5,10,14,18H,1-2,6-9,11H2. The van der Waals surface area contributed by atoms with Crippen LogP contribution < -0.4 is 0 Å². The molecule has 2 rings (SSSR count). The number of alkyl halides is 1. The van der Waals surface area contributed by atoms with Crippen LogP contribution in [0.15, 0.2) is 24.3 Å². The first-order valence-electron chi connectivity index (χ1n) is 6.83. The minimum atomic E-state index is 0.00733. The molecule has 1 aliphatic carbocycles. The lowest BCUT2D eigenvalue weighted by molar-refractivity contribution is 0.0638. The van der Waals surface area contributed by atoms with Crippen LogP contribution >= 0.6 is 11.6 Å². The van der Waals surface area contributed by atoms with E-state index in [4.69, 9.17) is 11.6 Å². The van der Waals surface area contributed by atoms with E-state index >= 15 is 0 Å². The molecule has 0 bridgehead atoms. The number of hydrogen-bond acceptors (Lipinski definition) is 2. The molecule has 1 aromatic rings. The third-order valence-electron chi connectivity index (χ3n) is 3.70. The number of benzene rings is 1. The molecule has 3 nitrogen and oxygen atoms in total. The number of aliphatic hydroxyl groups is 1. The number of carbonyl (C=O) groups is 1. The molecule has 0 spiro atoms. The van der Waals surface area contributed by atoms with E-state index in [-0.39, 0.29) is 18.6 Å². The van der Waals surface area contributed by atoms with Gasteiger partial charge in [-0.2, -0.15) is 0 Å². The fourth-order valence-corrected chi connectivity index (χ4v) is 2.89. The maximum atomic E-state index is 12.6. The lowest BCUT2D eigenvalue weighted by atomic mass is 10.1. The molecule has 0 heterocycles. The monoisotopic (exact) mass is 281 g/mol. The van der Waals surface area contributed by atoms with Crippen LogP contribution in [-0.2, 0) is 5.88 Å². The summed E-state index contributed by atoms with van der Waals surface area (Å²) in [6.07, 6.45) is 4.42. The van der Waals surface area contributed by atoms with Crippen LogP contribution in [0.25, 0.3) is 0 Å². The van der Waals surface area contributed by atoms with Gasteiger partial charge in [-0.05, 0) is 30.5 Å². The molecule has 1 amide bonds. The molecular weight excluding hydrogens is 262 g/mol. The zero-order valence-electron chi connectivity index (χ0n) is 11.0. The molecule has 1 aromatic carbocycles. The van der Waals surface area contributed by atoms with E-state index in [1.165, 1.54) is 12.8 Å². The van der Waals surface area contributed by atoms with Crippen LogP contribution in [0.1, 0.15) is 41.6 Å². The summed E-state index contributed by atoms with van der Waals surface area (Å²) in [6, 6.07) is 7.71. The average molecular weight is 282 g/mol. The van der Waals surface area contributed by atoms with Crippen molar-refractivity contribution in [2.45, 2.75) is 37.6 Å². The molecule has 19 heavy (non-hydrogen) atoms. The Hall–Kier alpha value is -1.06. The Morgan fingerprint density at radius 3 is 2.74 bits per heavy atom. The molecule has 1 fully saturated rings. The Bertz CT molecular complexity index is 430. The summed E-state index contributed by atoms with van der Waals surface area (Å²) in [6.45, 7) is 0.423. The Morgan fingerprint density at radius 1 is 1.37 bits per heavy atom. The highest BCUT2D eigenvalue weighted by Gasteiger charge is 2.26. The van der Waals surface area contributed by atoms with Crippen molar-refractivity contribution in [3.8, 4) is 0 Å². The van der Waals surface area contributed by atoms with E-state index in [1.54, 1.807) is 0 Å². The lowest BCUT2D eigenvalue weighted by Gasteiger charge is -2.28. The van der Waals surface area contributed by atoms with Crippen LogP contribution in [0, 0.1) is 0 Å². The fourth-order valence-electron chi connectivity index (χ4n) is 2.73. The number of hydrogen-bond donors (Lipinski definition) is 1. The summed E-state index contributed by atoms with van der Waals surface area (Å²) in [5, 5.41) is 9.18. The number of amides is 1. The number of carbonyl (C=O) groups excluding carboxylic acids is 1. The van der Waals surface area contributed by atoms with Gasteiger partial charge in [0.2, 0.25) is 0 Å². The SMILES string of the molecule is O=C(c1cccc(CCl)c1)N(CCO)C1CCCC1. The first-order valence-corrected chi connectivity index (χ1v) is 7.36. The summed E-state index contributed by atoms with van der Waals surface area (Å²) in [5.74, 6) is 0.415. The third kappa shape index (κ3) is 3.48. The molecule has 0 unspecified atom stereocenters. The second kappa shape index (κ2) is 6.92. The van der Waals surface area contributed by atoms with E-state index in [2.05, 4.69) is 0 Å². The molecule has 0 atom stereocenters. The largest absolute Gasteiger partial charge is 0.395 e. The van der Waals surface area contributed by atoms with Crippen molar-refractivity contribution in [3.63, 3.8) is 0 Å². The molecule has 0 aromatic heterocycles. The zero-order chi connectivity index (χ0) is 13.7.